The van der Waals surface area contributed by atoms with E-state index in [0.29, 0.717) is 6.54 Å². The fraction of sp³-hybridized carbons (Fsp3) is 0.318. The molecule has 0 spiro atoms. The lowest BCUT2D eigenvalue weighted by molar-refractivity contribution is -0.275. The van der Waals surface area contributed by atoms with Crippen LogP contribution in [0.3, 0.4) is 0 Å². The summed E-state index contributed by atoms with van der Waals surface area (Å²) in [7, 11) is -1.87. The first-order valence-corrected chi connectivity index (χ1v) is 20.1. The third-order valence-electron chi connectivity index (χ3n) is 10.0. The summed E-state index contributed by atoms with van der Waals surface area (Å²) in [5, 5.41) is 12.6. The van der Waals surface area contributed by atoms with Gasteiger partial charge in [-0.25, -0.2) is 8.42 Å². The van der Waals surface area contributed by atoms with E-state index in [1.807, 2.05) is 110 Å². The molecule has 5 atom stereocenters. The number of carbonyl (C=O) groups is 1. The number of hydrogen-bond donors (Lipinski definition) is 3. The number of benzene rings is 4. The van der Waals surface area contributed by atoms with Crippen LogP contribution in [0.15, 0.2) is 132 Å². The van der Waals surface area contributed by atoms with E-state index in [0.717, 1.165) is 52.0 Å². The van der Waals surface area contributed by atoms with Crippen molar-refractivity contribution < 1.29 is 27.8 Å². The first kappa shape index (κ1) is 39.9. The molecule has 55 heavy (non-hydrogen) atoms. The molecule has 288 valence electrons. The molecule has 1 amide bonds. The number of carbonyl (C=O) groups excluding carboxylic acids is 1. The third-order valence-corrected chi connectivity index (χ3v) is 11.5. The lowest BCUT2D eigenvalue weighted by Crippen LogP contribution is -2.47. The molecule has 1 aliphatic rings. The Labute approximate surface area is 324 Å². The maximum absolute atomic E-state index is 13.6. The van der Waals surface area contributed by atoms with Gasteiger partial charge in [-0.15, -0.1) is 0 Å². The quantitative estimate of drug-likeness (QED) is 0.111. The summed E-state index contributed by atoms with van der Waals surface area (Å²) in [6.45, 7) is 5.72. The molecular weight excluding hydrogens is 713 g/mol. The largest absolute Gasteiger partial charge is 0.392 e. The number of likely N-dealkylation sites (N-methyl/N-ethyl adjacent to an activating group) is 1. The summed E-state index contributed by atoms with van der Waals surface area (Å²) in [6.07, 6.45) is 1.81. The number of amides is 1. The zero-order valence-electron chi connectivity index (χ0n) is 31.5. The van der Waals surface area contributed by atoms with Crippen LogP contribution in [0, 0.1) is 12.8 Å². The molecule has 10 nitrogen and oxygen atoms in total. The number of hydrogen-bond acceptors (Lipinski definition) is 8. The number of sulfonamides is 1. The molecule has 1 aliphatic heterocycles. The summed E-state index contributed by atoms with van der Waals surface area (Å²) >= 11 is 0. The highest BCUT2D eigenvalue weighted by molar-refractivity contribution is 7.89. The molecular formula is C44H50N4O6S. The minimum atomic E-state index is -3.96. The van der Waals surface area contributed by atoms with Gasteiger partial charge in [-0.1, -0.05) is 110 Å². The van der Waals surface area contributed by atoms with Gasteiger partial charge in [0.25, 0.3) is 0 Å². The van der Waals surface area contributed by atoms with E-state index in [-0.39, 0.29) is 42.6 Å². The zero-order chi connectivity index (χ0) is 38.8. The standard InChI is InChI=1S/C44H50N4O6S/c1-31-12-22-39(23-13-31)55(51,52)47-40(27-33-9-5-4-6-10-33)43(50)46-28-34-14-20-37(21-15-34)44-53-41(29-48(3)26-24-38-11-7-8-25-45-38)32(2)42(54-44)36-18-16-35(30-49)17-19-36/h4-23,25,32,40-42,44,47,49H,24,26-30H2,1-3H3,(H,46,50)/t32-,40+,41+,42+,44?/m0/s1. The second-order valence-corrected chi connectivity index (χ2v) is 16.0. The number of ether oxygens (including phenoxy) is 2. The molecule has 11 heteroatoms. The number of nitrogens with one attached hydrogen (secondary N) is 2. The van der Waals surface area contributed by atoms with Crippen LogP contribution in [0.1, 0.15) is 58.4 Å². The van der Waals surface area contributed by atoms with Crippen molar-refractivity contribution >= 4 is 15.9 Å². The van der Waals surface area contributed by atoms with Crippen molar-refractivity contribution in [3.05, 3.63) is 167 Å². The van der Waals surface area contributed by atoms with Gasteiger partial charge in [0, 0.05) is 49.4 Å². The minimum Gasteiger partial charge on any atom is -0.392 e. The number of aromatic nitrogens is 1. The van der Waals surface area contributed by atoms with Crippen LogP contribution < -0.4 is 10.0 Å². The summed E-state index contributed by atoms with van der Waals surface area (Å²) in [5.41, 5.74) is 6.34. The van der Waals surface area contributed by atoms with E-state index in [1.165, 1.54) is 12.1 Å². The Balaban J connectivity index is 1.14. The van der Waals surface area contributed by atoms with Crippen molar-refractivity contribution in [3.8, 4) is 0 Å². The summed E-state index contributed by atoms with van der Waals surface area (Å²) in [6, 6.07) is 36.4. The molecule has 1 aromatic heterocycles. The molecule has 1 fully saturated rings. The van der Waals surface area contributed by atoms with Gasteiger partial charge in [0.2, 0.25) is 15.9 Å². The highest BCUT2D eigenvalue weighted by Gasteiger charge is 2.39. The molecule has 0 aliphatic carbocycles. The van der Waals surface area contributed by atoms with Gasteiger partial charge in [-0.3, -0.25) is 9.78 Å². The molecule has 5 aromatic rings. The first-order chi connectivity index (χ1) is 26.6. The maximum atomic E-state index is 13.6. The SMILES string of the molecule is Cc1ccc(S(=O)(=O)N[C@H](Cc2ccccc2)C(=O)NCc2ccc(C3O[C@H](CN(C)CCc4ccccn4)[C@H](C)[C@H](c4ccc(CO)cc4)O3)cc2)cc1. The molecule has 1 saturated heterocycles. The van der Waals surface area contributed by atoms with Crippen LogP contribution in [-0.4, -0.2) is 61.6 Å². The second-order valence-electron chi connectivity index (χ2n) is 14.3. The number of nitrogens with zero attached hydrogens (tertiary/aromatic N) is 2. The van der Waals surface area contributed by atoms with Crippen molar-refractivity contribution in [3.63, 3.8) is 0 Å². The van der Waals surface area contributed by atoms with Gasteiger partial charge in [-0.05, 0) is 66.9 Å². The molecule has 0 saturated carbocycles. The lowest BCUT2D eigenvalue weighted by Gasteiger charge is -2.42. The fourth-order valence-electron chi connectivity index (χ4n) is 6.69. The van der Waals surface area contributed by atoms with E-state index in [2.05, 4.69) is 33.9 Å². The van der Waals surface area contributed by atoms with E-state index >= 15 is 0 Å². The average molecular weight is 763 g/mol. The summed E-state index contributed by atoms with van der Waals surface area (Å²) < 4.78 is 42.6. The zero-order valence-corrected chi connectivity index (χ0v) is 32.4. The number of rotatable bonds is 16. The van der Waals surface area contributed by atoms with Crippen LogP contribution in [0.2, 0.25) is 0 Å². The van der Waals surface area contributed by atoms with Crippen LogP contribution >= 0.6 is 0 Å². The Morgan fingerprint density at radius 2 is 1.51 bits per heavy atom. The van der Waals surface area contributed by atoms with Crippen LogP contribution in [0.25, 0.3) is 0 Å². The topological polar surface area (TPSA) is 130 Å². The van der Waals surface area contributed by atoms with E-state index in [9.17, 15) is 18.3 Å². The molecule has 0 radical (unpaired) electrons. The molecule has 6 rings (SSSR count). The van der Waals surface area contributed by atoms with Gasteiger partial charge in [0.05, 0.1) is 23.7 Å². The smallest absolute Gasteiger partial charge is 0.241 e. The third kappa shape index (κ3) is 10.9. The van der Waals surface area contributed by atoms with Crippen molar-refractivity contribution in [1.29, 1.82) is 0 Å². The highest BCUT2D eigenvalue weighted by atomic mass is 32.2. The van der Waals surface area contributed by atoms with Crippen molar-refractivity contribution in [2.24, 2.45) is 5.92 Å². The van der Waals surface area contributed by atoms with Crippen molar-refractivity contribution in [2.75, 3.05) is 20.1 Å². The van der Waals surface area contributed by atoms with Crippen molar-refractivity contribution in [2.45, 2.75) is 69.3 Å². The van der Waals surface area contributed by atoms with E-state index in [1.54, 1.807) is 12.1 Å². The van der Waals surface area contributed by atoms with E-state index < -0.39 is 28.3 Å². The summed E-state index contributed by atoms with van der Waals surface area (Å²) in [5.74, 6) is -0.392. The van der Waals surface area contributed by atoms with Gasteiger partial charge in [0.15, 0.2) is 6.29 Å². The van der Waals surface area contributed by atoms with Gasteiger partial charge >= 0.3 is 0 Å². The van der Waals surface area contributed by atoms with Crippen LogP contribution in [0.5, 0.6) is 0 Å². The Bertz CT molecular complexity index is 2070. The molecule has 2 heterocycles. The predicted octanol–water partition coefficient (Wildman–Crippen LogP) is 6.05. The minimum absolute atomic E-state index is 0.0275. The lowest BCUT2D eigenvalue weighted by atomic mass is 9.90. The number of aryl methyl sites for hydroxylation is 1. The second kappa shape index (κ2) is 18.7. The molecule has 3 N–H and O–H groups in total. The number of pyridine rings is 1. The Hall–Kier alpha value is -4.75. The van der Waals surface area contributed by atoms with Gasteiger partial charge in [0.1, 0.15) is 6.04 Å². The average Bonchev–Trinajstić information content (AvgIpc) is 3.21. The Morgan fingerprint density at radius 3 is 2.18 bits per heavy atom. The van der Waals surface area contributed by atoms with Gasteiger partial charge in [-0.2, -0.15) is 4.72 Å². The first-order valence-electron chi connectivity index (χ1n) is 18.7. The fourth-order valence-corrected chi connectivity index (χ4v) is 7.89. The molecule has 4 aromatic carbocycles. The highest BCUT2D eigenvalue weighted by Crippen LogP contribution is 2.41. The maximum Gasteiger partial charge on any atom is 0.241 e. The Kier molecular flexibility index (Phi) is 13.6. The predicted molar refractivity (Wildman–Crippen MR) is 212 cm³/mol. The van der Waals surface area contributed by atoms with Gasteiger partial charge < -0.3 is 24.8 Å². The molecule has 1 unspecified atom stereocenters. The Morgan fingerprint density at radius 1 is 0.836 bits per heavy atom. The van der Waals surface area contributed by atoms with Crippen LogP contribution in [-0.2, 0) is 50.3 Å². The summed E-state index contributed by atoms with van der Waals surface area (Å²) in [4.78, 5) is 20.4. The monoisotopic (exact) mass is 762 g/mol. The van der Waals surface area contributed by atoms with Crippen LogP contribution in [0.4, 0.5) is 0 Å². The number of aliphatic hydroxyl groups excluding tert-OH is 1. The van der Waals surface area contributed by atoms with Crippen molar-refractivity contribution in [1.82, 2.24) is 19.9 Å². The van der Waals surface area contributed by atoms with E-state index in [4.69, 9.17) is 9.47 Å². The normalized spacial score (nSPS) is 19.2. The number of aliphatic hydroxyl groups is 1. The molecule has 0 bridgehead atoms.